The van der Waals surface area contributed by atoms with Crippen molar-refractivity contribution in [3.63, 3.8) is 0 Å². The maximum atomic E-state index is 12.5. The Kier molecular flexibility index (Phi) is 5.62. The number of aromatic amines is 1. The fourth-order valence-electron chi connectivity index (χ4n) is 3.48. The smallest absolute Gasteiger partial charge is 0.252 e. The second-order valence-electron chi connectivity index (χ2n) is 7.16. The van der Waals surface area contributed by atoms with E-state index in [1.807, 2.05) is 59.5 Å². The molecule has 0 aliphatic carbocycles. The molecule has 1 fully saturated rings. The molecule has 29 heavy (non-hydrogen) atoms. The van der Waals surface area contributed by atoms with Crippen LogP contribution >= 0.6 is 11.6 Å². The Labute approximate surface area is 173 Å². The summed E-state index contributed by atoms with van der Waals surface area (Å²) in [5, 5.41) is 3.81. The lowest BCUT2D eigenvalue weighted by Gasteiger charge is -2.17. The van der Waals surface area contributed by atoms with Crippen LogP contribution in [0.3, 0.4) is 0 Å². The SMILES string of the molecule is O=C1C[C@H](c2cc(=O)[nH]c(NCc3ccc(Cl)cc3)n2)CN1Cc1ccccc1. The van der Waals surface area contributed by atoms with Crippen LogP contribution in [0.1, 0.15) is 29.2 Å². The van der Waals surface area contributed by atoms with Gasteiger partial charge in [-0.25, -0.2) is 4.98 Å². The zero-order valence-corrected chi connectivity index (χ0v) is 16.5. The van der Waals surface area contributed by atoms with Crippen molar-refractivity contribution < 1.29 is 4.79 Å². The van der Waals surface area contributed by atoms with E-state index in [1.165, 1.54) is 6.07 Å². The van der Waals surface area contributed by atoms with Crippen LogP contribution in [0.4, 0.5) is 5.95 Å². The van der Waals surface area contributed by atoms with Gasteiger partial charge in [-0.05, 0) is 23.3 Å². The van der Waals surface area contributed by atoms with Crippen molar-refractivity contribution in [1.29, 1.82) is 0 Å². The van der Waals surface area contributed by atoms with Gasteiger partial charge in [0.2, 0.25) is 11.9 Å². The van der Waals surface area contributed by atoms with Gasteiger partial charge in [0, 0.05) is 43.1 Å². The lowest BCUT2D eigenvalue weighted by molar-refractivity contribution is -0.128. The van der Waals surface area contributed by atoms with Crippen molar-refractivity contribution in [2.45, 2.75) is 25.4 Å². The molecule has 1 atom stereocenters. The predicted molar refractivity (Wildman–Crippen MR) is 113 cm³/mol. The van der Waals surface area contributed by atoms with E-state index in [-0.39, 0.29) is 17.4 Å². The standard InChI is InChI=1S/C22H21ClN4O2/c23-18-8-6-15(7-9-18)12-24-22-25-19(11-20(28)26-22)17-10-21(29)27(14-17)13-16-4-2-1-3-5-16/h1-9,11,17H,10,12-14H2,(H2,24,25,26,28)/t17-/m0/s1. The molecule has 1 amide bonds. The second-order valence-corrected chi connectivity index (χ2v) is 7.60. The third-order valence-corrected chi connectivity index (χ3v) is 5.24. The molecule has 148 valence electrons. The molecule has 0 bridgehead atoms. The molecule has 2 N–H and O–H groups in total. The van der Waals surface area contributed by atoms with E-state index in [0.29, 0.717) is 42.7 Å². The van der Waals surface area contributed by atoms with Crippen molar-refractivity contribution in [2.24, 2.45) is 0 Å². The summed E-state index contributed by atoms with van der Waals surface area (Å²) >= 11 is 5.91. The van der Waals surface area contributed by atoms with E-state index in [2.05, 4.69) is 15.3 Å². The Bertz CT molecular complexity index is 1050. The minimum atomic E-state index is -0.234. The van der Waals surface area contributed by atoms with Crippen molar-refractivity contribution in [2.75, 3.05) is 11.9 Å². The monoisotopic (exact) mass is 408 g/mol. The first-order valence-corrected chi connectivity index (χ1v) is 9.86. The van der Waals surface area contributed by atoms with Gasteiger partial charge < -0.3 is 10.2 Å². The first kappa shape index (κ1) is 19.2. The molecule has 3 aromatic rings. The molecule has 1 aromatic heterocycles. The average Bonchev–Trinajstić information content (AvgIpc) is 3.08. The average molecular weight is 409 g/mol. The van der Waals surface area contributed by atoms with Crippen LogP contribution < -0.4 is 10.9 Å². The van der Waals surface area contributed by atoms with Gasteiger partial charge in [0.1, 0.15) is 0 Å². The fourth-order valence-corrected chi connectivity index (χ4v) is 3.61. The van der Waals surface area contributed by atoms with Gasteiger partial charge in [0.25, 0.3) is 5.56 Å². The highest BCUT2D eigenvalue weighted by molar-refractivity contribution is 6.30. The molecular weight excluding hydrogens is 388 g/mol. The third kappa shape index (κ3) is 4.84. The number of hydrogen-bond acceptors (Lipinski definition) is 4. The maximum absolute atomic E-state index is 12.5. The minimum Gasteiger partial charge on any atom is -0.352 e. The van der Waals surface area contributed by atoms with Gasteiger partial charge in [-0.3, -0.25) is 14.6 Å². The predicted octanol–water partition coefficient (Wildman–Crippen LogP) is 3.55. The number of hydrogen-bond donors (Lipinski definition) is 2. The highest BCUT2D eigenvalue weighted by Crippen LogP contribution is 2.28. The molecule has 0 unspecified atom stereocenters. The van der Waals surface area contributed by atoms with Gasteiger partial charge in [0.15, 0.2) is 0 Å². The third-order valence-electron chi connectivity index (χ3n) is 4.98. The molecule has 7 heteroatoms. The van der Waals surface area contributed by atoms with E-state index in [9.17, 15) is 9.59 Å². The first-order valence-electron chi connectivity index (χ1n) is 9.48. The summed E-state index contributed by atoms with van der Waals surface area (Å²) in [5.74, 6) is 0.387. The summed E-state index contributed by atoms with van der Waals surface area (Å²) < 4.78 is 0. The van der Waals surface area contributed by atoms with Crippen LogP contribution in [0.2, 0.25) is 5.02 Å². The number of anilines is 1. The number of carbonyl (C=O) groups is 1. The second kappa shape index (κ2) is 8.49. The number of aromatic nitrogens is 2. The van der Waals surface area contributed by atoms with Gasteiger partial charge in [-0.1, -0.05) is 54.1 Å². The van der Waals surface area contributed by atoms with E-state index in [0.717, 1.165) is 11.1 Å². The Hall–Kier alpha value is -3.12. The molecule has 1 aliphatic rings. The van der Waals surface area contributed by atoms with Gasteiger partial charge in [-0.15, -0.1) is 0 Å². The topological polar surface area (TPSA) is 78.1 Å². The Morgan fingerprint density at radius 2 is 1.83 bits per heavy atom. The molecule has 0 saturated carbocycles. The summed E-state index contributed by atoms with van der Waals surface area (Å²) in [6, 6.07) is 18.8. The first-order chi connectivity index (χ1) is 14.1. The molecule has 0 radical (unpaired) electrons. The highest BCUT2D eigenvalue weighted by Gasteiger charge is 2.31. The summed E-state index contributed by atoms with van der Waals surface area (Å²) in [7, 11) is 0. The van der Waals surface area contributed by atoms with Crippen LogP contribution in [0.25, 0.3) is 0 Å². The number of carbonyl (C=O) groups excluding carboxylic acids is 1. The molecule has 6 nitrogen and oxygen atoms in total. The minimum absolute atomic E-state index is 0.0802. The number of amides is 1. The fraction of sp³-hybridized carbons (Fsp3) is 0.227. The van der Waals surface area contributed by atoms with Crippen LogP contribution in [-0.2, 0) is 17.9 Å². The van der Waals surface area contributed by atoms with E-state index in [4.69, 9.17) is 11.6 Å². The van der Waals surface area contributed by atoms with Gasteiger partial charge in [0.05, 0.1) is 5.69 Å². The quantitative estimate of drug-likeness (QED) is 0.653. The Morgan fingerprint density at radius 1 is 1.07 bits per heavy atom. The summed E-state index contributed by atoms with van der Waals surface area (Å²) in [4.78, 5) is 33.7. The number of H-pyrrole nitrogens is 1. The Balaban J connectivity index is 1.45. The van der Waals surface area contributed by atoms with Crippen molar-refractivity contribution >= 4 is 23.5 Å². The molecule has 1 aliphatic heterocycles. The maximum Gasteiger partial charge on any atom is 0.252 e. The van der Waals surface area contributed by atoms with Crippen molar-refractivity contribution in [3.8, 4) is 0 Å². The number of rotatable bonds is 6. The van der Waals surface area contributed by atoms with Crippen LogP contribution in [0.5, 0.6) is 0 Å². The zero-order valence-electron chi connectivity index (χ0n) is 15.8. The largest absolute Gasteiger partial charge is 0.352 e. The van der Waals surface area contributed by atoms with Crippen molar-refractivity contribution in [1.82, 2.24) is 14.9 Å². The van der Waals surface area contributed by atoms with Gasteiger partial charge in [-0.2, -0.15) is 0 Å². The van der Waals surface area contributed by atoms with Gasteiger partial charge >= 0.3 is 0 Å². The molecule has 2 heterocycles. The number of benzene rings is 2. The summed E-state index contributed by atoms with van der Waals surface area (Å²) in [5.41, 5.74) is 2.51. The lowest BCUT2D eigenvalue weighted by atomic mass is 10.0. The van der Waals surface area contributed by atoms with Crippen LogP contribution in [-0.4, -0.2) is 27.3 Å². The summed E-state index contributed by atoms with van der Waals surface area (Å²) in [6.45, 7) is 1.63. The van der Waals surface area contributed by atoms with Crippen molar-refractivity contribution in [3.05, 3.63) is 92.9 Å². The molecule has 4 rings (SSSR count). The molecule has 0 spiro atoms. The number of halogens is 1. The number of nitrogens with zero attached hydrogens (tertiary/aromatic N) is 2. The number of nitrogens with one attached hydrogen (secondary N) is 2. The number of likely N-dealkylation sites (tertiary alicyclic amines) is 1. The molecule has 2 aromatic carbocycles. The van der Waals surface area contributed by atoms with E-state index >= 15 is 0 Å². The Morgan fingerprint density at radius 3 is 2.59 bits per heavy atom. The van der Waals surface area contributed by atoms with E-state index < -0.39 is 0 Å². The summed E-state index contributed by atoms with van der Waals surface area (Å²) in [6.07, 6.45) is 0.361. The van der Waals surface area contributed by atoms with Crippen LogP contribution in [0.15, 0.2) is 65.5 Å². The zero-order chi connectivity index (χ0) is 20.2. The molecular formula is C22H21ClN4O2. The highest BCUT2D eigenvalue weighted by atomic mass is 35.5. The van der Waals surface area contributed by atoms with E-state index in [1.54, 1.807) is 0 Å². The lowest BCUT2D eigenvalue weighted by Crippen LogP contribution is -2.24. The normalized spacial score (nSPS) is 16.2. The molecule has 1 saturated heterocycles. The van der Waals surface area contributed by atoms with Crippen LogP contribution in [0, 0.1) is 0 Å².